The van der Waals surface area contributed by atoms with Crippen LogP contribution in [0, 0.1) is 13.8 Å². The third-order valence-electron chi connectivity index (χ3n) is 4.28. The molecule has 0 aliphatic heterocycles. The molecule has 0 unspecified atom stereocenters. The van der Waals surface area contributed by atoms with Crippen LogP contribution in [0.5, 0.6) is 5.75 Å². The van der Waals surface area contributed by atoms with Crippen LogP contribution in [0.3, 0.4) is 0 Å². The zero-order valence-electron chi connectivity index (χ0n) is 16.8. The lowest BCUT2D eigenvalue weighted by Crippen LogP contribution is -2.43. The largest absolute Gasteiger partial charge is 0.493 e. The topological polar surface area (TPSA) is 47.6 Å². The van der Waals surface area contributed by atoms with E-state index < -0.39 is 5.60 Å². The van der Waals surface area contributed by atoms with Crippen molar-refractivity contribution in [2.24, 2.45) is 0 Å². The molecule has 0 saturated heterocycles. The van der Waals surface area contributed by atoms with Gasteiger partial charge in [-0.1, -0.05) is 33.6 Å². The number of amides is 1. The Kier molecular flexibility index (Phi) is 8.98. The van der Waals surface area contributed by atoms with Gasteiger partial charge in [0.2, 0.25) is 0 Å². The second-order valence-electron chi connectivity index (χ2n) is 6.92. The highest BCUT2D eigenvalue weighted by Gasteiger charge is 2.33. The van der Waals surface area contributed by atoms with Gasteiger partial charge < -0.3 is 14.8 Å². The van der Waals surface area contributed by atoms with Crippen LogP contribution >= 0.6 is 0 Å². The van der Waals surface area contributed by atoms with E-state index in [1.807, 2.05) is 32.9 Å². The number of nitrogens with one attached hydrogen (secondary N) is 1. The molecular weight excluding hydrogens is 314 g/mol. The Morgan fingerprint density at radius 3 is 2.16 bits per heavy atom. The summed E-state index contributed by atoms with van der Waals surface area (Å²) in [5.41, 5.74) is 2.08. The quantitative estimate of drug-likeness (QED) is 0.581. The van der Waals surface area contributed by atoms with Gasteiger partial charge in [-0.3, -0.25) is 4.79 Å². The summed E-state index contributed by atoms with van der Waals surface area (Å²) >= 11 is 0. The van der Waals surface area contributed by atoms with Crippen LogP contribution in [0.25, 0.3) is 0 Å². The van der Waals surface area contributed by atoms with Crippen molar-refractivity contribution in [3.05, 3.63) is 23.3 Å². The van der Waals surface area contributed by atoms with E-state index in [9.17, 15) is 4.79 Å². The van der Waals surface area contributed by atoms with E-state index in [2.05, 4.69) is 26.1 Å². The highest BCUT2D eigenvalue weighted by atomic mass is 16.5. The van der Waals surface area contributed by atoms with Crippen molar-refractivity contribution in [1.82, 2.24) is 0 Å². The maximum atomic E-state index is 12.9. The van der Waals surface area contributed by atoms with Crippen molar-refractivity contribution in [2.45, 2.75) is 79.2 Å². The van der Waals surface area contributed by atoms with E-state index >= 15 is 0 Å². The molecule has 0 aliphatic carbocycles. The second kappa shape index (κ2) is 10.4. The average molecular weight is 350 g/mol. The van der Waals surface area contributed by atoms with E-state index in [4.69, 9.17) is 9.47 Å². The molecule has 0 radical (unpaired) electrons. The summed E-state index contributed by atoms with van der Waals surface area (Å²) in [4.78, 5) is 12.9. The minimum atomic E-state index is -0.786. The van der Waals surface area contributed by atoms with Crippen LogP contribution in [-0.2, 0) is 9.53 Å². The third kappa shape index (κ3) is 6.35. The molecule has 0 bridgehead atoms. The summed E-state index contributed by atoms with van der Waals surface area (Å²) in [6.45, 7) is 13.5. The number of unbranched alkanes of at least 4 members (excludes halogenated alkanes) is 1. The van der Waals surface area contributed by atoms with Gasteiger partial charge in [0.25, 0.3) is 5.91 Å². The Labute approximate surface area is 153 Å². The summed E-state index contributed by atoms with van der Waals surface area (Å²) in [6, 6.07) is 3.94. The summed E-state index contributed by atoms with van der Waals surface area (Å²) in [7, 11) is 0. The van der Waals surface area contributed by atoms with Gasteiger partial charge in [0.05, 0.1) is 6.61 Å². The highest BCUT2D eigenvalue weighted by Crippen LogP contribution is 2.29. The number of ether oxygens (including phenoxy) is 2. The summed E-state index contributed by atoms with van der Waals surface area (Å²) in [5, 5.41) is 3.05. The van der Waals surface area contributed by atoms with E-state index in [-0.39, 0.29) is 5.91 Å². The Morgan fingerprint density at radius 2 is 1.64 bits per heavy atom. The van der Waals surface area contributed by atoms with E-state index in [0.717, 1.165) is 54.7 Å². The van der Waals surface area contributed by atoms with Gasteiger partial charge >= 0.3 is 0 Å². The number of benzene rings is 1. The fourth-order valence-electron chi connectivity index (χ4n) is 2.81. The number of carbonyl (C=O) groups excluding carboxylic acids is 1. The van der Waals surface area contributed by atoms with Crippen molar-refractivity contribution < 1.29 is 14.3 Å². The van der Waals surface area contributed by atoms with Gasteiger partial charge in [0.1, 0.15) is 11.4 Å². The molecule has 0 heterocycles. The molecule has 0 spiro atoms. The molecule has 0 aliphatic rings. The normalized spacial score (nSPS) is 13.4. The van der Waals surface area contributed by atoms with Gasteiger partial charge in [-0.25, -0.2) is 0 Å². The van der Waals surface area contributed by atoms with E-state index in [1.165, 1.54) is 0 Å². The number of hydrogen-bond acceptors (Lipinski definition) is 3. The van der Waals surface area contributed by atoms with Crippen LogP contribution in [-0.4, -0.2) is 24.7 Å². The average Bonchev–Trinajstić information content (AvgIpc) is 2.57. The number of carbonyl (C=O) groups is 1. The van der Waals surface area contributed by atoms with Crippen molar-refractivity contribution in [3.8, 4) is 5.75 Å². The minimum Gasteiger partial charge on any atom is -0.493 e. The molecule has 0 aromatic heterocycles. The highest BCUT2D eigenvalue weighted by molar-refractivity contribution is 5.97. The third-order valence-corrected chi connectivity index (χ3v) is 4.28. The molecule has 1 rings (SSSR count). The van der Waals surface area contributed by atoms with Crippen LogP contribution in [0.15, 0.2) is 12.1 Å². The van der Waals surface area contributed by atoms with Crippen LogP contribution in [0.4, 0.5) is 5.69 Å². The van der Waals surface area contributed by atoms with Gasteiger partial charge in [-0.05, 0) is 63.3 Å². The maximum absolute atomic E-state index is 12.9. The van der Waals surface area contributed by atoms with Gasteiger partial charge in [0.15, 0.2) is 0 Å². The lowest BCUT2D eigenvalue weighted by molar-refractivity contribution is -0.140. The van der Waals surface area contributed by atoms with Gasteiger partial charge in [0, 0.05) is 12.3 Å². The summed E-state index contributed by atoms with van der Waals surface area (Å²) < 4.78 is 11.7. The number of hydrogen-bond donors (Lipinski definition) is 1. The predicted octanol–water partition coefficient (Wildman–Crippen LogP) is 5.41. The monoisotopic (exact) mass is 349 g/mol. The fourth-order valence-corrected chi connectivity index (χ4v) is 2.81. The smallest absolute Gasteiger partial charge is 0.256 e. The molecule has 4 nitrogen and oxygen atoms in total. The maximum Gasteiger partial charge on any atom is 0.256 e. The fraction of sp³-hybridized carbons (Fsp3) is 0.667. The van der Waals surface area contributed by atoms with Crippen LogP contribution in [0.1, 0.15) is 70.9 Å². The standard InChI is InChI=1S/C21H35NO3/c1-7-10-11-21(6,25-13-9-3)20(23)22-18-14-16(4)19(17(5)15-18)24-12-8-2/h14-15H,7-13H2,1-6H3,(H,22,23)/t21-/m0/s1. The molecule has 1 aromatic rings. The first kappa shape index (κ1) is 21.5. The molecule has 1 N–H and O–H groups in total. The first-order valence-electron chi connectivity index (χ1n) is 9.57. The Balaban J connectivity index is 2.92. The molecule has 1 amide bonds. The zero-order chi connectivity index (χ0) is 18.9. The molecule has 0 fully saturated rings. The molecule has 1 aromatic carbocycles. The lowest BCUT2D eigenvalue weighted by atomic mass is 9.97. The number of aryl methyl sites for hydroxylation is 2. The second-order valence-corrected chi connectivity index (χ2v) is 6.92. The first-order chi connectivity index (χ1) is 11.9. The molecule has 1 atom stereocenters. The summed E-state index contributed by atoms with van der Waals surface area (Å²) in [5.74, 6) is 0.839. The number of anilines is 1. The molecule has 142 valence electrons. The first-order valence-corrected chi connectivity index (χ1v) is 9.57. The Morgan fingerprint density at radius 1 is 1.04 bits per heavy atom. The Hall–Kier alpha value is -1.55. The van der Waals surface area contributed by atoms with E-state index in [0.29, 0.717) is 13.2 Å². The minimum absolute atomic E-state index is 0.0737. The molecule has 0 saturated carbocycles. The van der Waals surface area contributed by atoms with Crippen molar-refractivity contribution >= 4 is 11.6 Å². The molecular formula is C21H35NO3. The lowest BCUT2D eigenvalue weighted by Gasteiger charge is -2.29. The number of rotatable bonds is 11. The predicted molar refractivity (Wildman–Crippen MR) is 105 cm³/mol. The van der Waals surface area contributed by atoms with Crippen LogP contribution in [0.2, 0.25) is 0 Å². The SMILES string of the molecule is CCCC[C@](C)(OCCC)C(=O)Nc1cc(C)c(OCCC)c(C)c1. The van der Waals surface area contributed by atoms with Crippen molar-refractivity contribution in [1.29, 1.82) is 0 Å². The van der Waals surface area contributed by atoms with Gasteiger partial charge in [-0.2, -0.15) is 0 Å². The van der Waals surface area contributed by atoms with Crippen molar-refractivity contribution in [3.63, 3.8) is 0 Å². The summed E-state index contributed by atoms with van der Waals surface area (Å²) in [6.07, 6.45) is 4.61. The zero-order valence-corrected chi connectivity index (χ0v) is 16.8. The van der Waals surface area contributed by atoms with Crippen LogP contribution < -0.4 is 10.1 Å². The Bertz CT molecular complexity index is 523. The van der Waals surface area contributed by atoms with Gasteiger partial charge in [-0.15, -0.1) is 0 Å². The molecule has 4 heteroatoms. The van der Waals surface area contributed by atoms with Crippen molar-refractivity contribution in [2.75, 3.05) is 18.5 Å². The van der Waals surface area contributed by atoms with E-state index in [1.54, 1.807) is 0 Å². The molecule has 25 heavy (non-hydrogen) atoms.